The second kappa shape index (κ2) is 7.96. The highest BCUT2D eigenvalue weighted by Gasteiger charge is 2.03. The first-order valence-electron chi connectivity index (χ1n) is 6.91. The smallest absolute Gasteiger partial charge is 0.142 e. The first kappa shape index (κ1) is 15.7. The molecule has 21 heavy (non-hydrogen) atoms. The predicted octanol–water partition coefficient (Wildman–Crippen LogP) is 3.95. The van der Waals surface area contributed by atoms with E-state index in [4.69, 9.17) is 16.3 Å². The highest BCUT2D eigenvalue weighted by atomic mass is 35.5. The fourth-order valence-corrected chi connectivity index (χ4v) is 1.95. The quantitative estimate of drug-likeness (QED) is 0.786. The monoisotopic (exact) mass is 308 g/mol. The predicted molar refractivity (Wildman–Crippen MR) is 82.0 cm³/mol. The minimum atomic E-state index is -0.453. The van der Waals surface area contributed by atoms with E-state index in [1.165, 1.54) is 12.1 Å². The summed E-state index contributed by atoms with van der Waals surface area (Å²) in [5.74, 6) is 0.0722. The van der Waals surface area contributed by atoms with Crippen LogP contribution >= 0.6 is 11.6 Å². The molecular formula is C16H18ClFN2O. The van der Waals surface area contributed by atoms with Gasteiger partial charge in [0.05, 0.1) is 10.7 Å². The van der Waals surface area contributed by atoms with Crippen LogP contribution in [-0.2, 0) is 13.2 Å². The van der Waals surface area contributed by atoms with Gasteiger partial charge in [-0.05, 0) is 36.7 Å². The van der Waals surface area contributed by atoms with Crippen molar-refractivity contribution in [2.45, 2.75) is 26.5 Å². The van der Waals surface area contributed by atoms with Gasteiger partial charge in [0.2, 0.25) is 0 Å². The highest BCUT2D eigenvalue weighted by molar-refractivity contribution is 6.30. The summed E-state index contributed by atoms with van der Waals surface area (Å²) < 4.78 is 18.6. The molecule has 0 aliphatic heterocycles. The number of nitrogens with one attached hydrogen (secondary N) is 1. The molecule has 0 unspecified atom stereocenters. The Balaban J connectivity index is 1.86. The van der Waals surface area contributed by atoms with Crippen molar-refractivity contribution in [1.29, 1.82) is 0 Å². The lowest BCUT2D eigenvalue weighted by Gasteiger charge is -2.07. The van der Waals surface area contributed by atoms with Gasteiger partial charge in [0.25, 0.3) is 0 Å². The molecule has 1 aromatic heterocycles. The number of nitrogens with zero attached hydrogens (tertiary/aromatic N) is 1. The first-order valence-corrected chi connectivity index (χ1v) is 7.29. The number of hydrogen-bond donors (Lipinski definition) is 1. The van der Waals surface area contributed by atoms with Crippen LogP contribution in [0.4, 0.5) is 4.39 Å². The summed E-state index contributed by atoms with van der Waals surface area (Å²) in [4.78, 5) is 4.34. The number of aromatic nitrogens is 1. The maximum absolute atomic E-state index is 13.0. The van der Waals surface area contributed by atoms with Crippen molar-refractivity contribution in [2.75, 3.05) is 6.54 Å². The average Bonchev–Trinajstić information content (AvgIpc) is 2.50. The Kier molecular flexibility index (Phi) is 5.96. The molecule has 2 aromatic rings. The van der Waals surface area contributed by atoms with Crippen molar-refractivity contribution in [2.24, 2.45) is 0 Å². The molecule has 0 bridgehead atoms. The normalized spacial score (nSPS) is 10.6. The molecule has 112 valence electrons. The summed E-state index contributed by atoms with van der Waals surface area (Å²) >= 11 is 5.70. The second-order valence-electron chi connectivity index (χ2n) is 4.70. The van der Waals surface area contributed by atoms with E-state index >= 15 is 0 Å². The van der Waals surface area contributed by atoms with Crippen LogP contribution in [0.5, 0.6) is 5.75 Å². The van der Waals surface area contributed by atoms with E-state index in [0.29, 0.717) is 12.4 Å². The van der Waals surface area contributed by atoms with Crippen molar-refractivity contribution in [1.82, 2.24) is 10.3 Å². The van der Waals surface area contributed by atoms with Crippen molar-refractivity contribution < 1.29 is 9.13 Å². The van der Waals surface area contributed by atoms with Gasteiger partial charge in [-0.3, -0.25) is 4.98 Å². The molecule has 0 amide bonds. The van der Waals surface area contributed by atoms with E-state index in [9.17, 15) is 4.39 Å². The Labute approximate surface area is 129 Å². The fraction of sp³-hybridized carbons (Fsp3) is 0.312. The zero-order valence-corrected chi connectivity index (χ0v) is 12.7. The lowest BCUT2D eigenvalue weighted by molar-refractivity contribution is 0.301. The average molecular weight is 309 g/mol. The SMILES string of the molecule is CCCNCc1ccc(COc2ccc(F)c(Cl)c2)nc1. The molecule has 3 nitrogen and oxygen atoms in total. The molecule has 2 rings (SSSR count). The number of pyridine rings is 1. The van der Waals surface area contributed by atoms with Crippen LogP contribution in [0, 0.1) is 5.82 Å². The summed E-state index contributed by atoms with van der Waals surface area (Å²) in [5.41, 5.74) is 1.95. The molecule has 0 aliphatic rings. The summed E-state index contributed by atoms with van der Waals surface area (Å²) in [6, 6.07) is 8.23. The molecule has 0 aliphatic carbocycles. The molecule has 0 atom stereocenters. The lowest BCUT2D eigenvalue weighted by Crippen LogP contribution is -2.14. The zero-order valence-electron chi connectivity index (χ0n) is 11.9. The van der Waals surface area contributed by atoms with E-state index in [1.807, 2.05) is 18.3 Å². The van der Waals surface area contributed by atoms with Gasteiger partial charge in [-0.1, -0.05) is 24.6 Å². The van der Waals surface area contributed by atoms with Crippen LogP contribution in [0.2, 0.25) is 5.02 Å². The molecule has 0 radical (unpaired) electrons. The zero-order chi connectivity index (χ0) is 15.1. The van der Waals surface area contributed by atoms with Gasteiger partial charge in [0.1, 0.15) is 18.2 Å². The minimum Gasteiger partial charge on any atom is -0.487 e. The maximum Gasteiger partial charge on any atom is 0.142 e. The fourth-order valence-electron chi connectivity index (χ4n) is 1.78. The van der Waals surface area contributed by atoms with E-state index in [1.54, 1.807) is 6.07 Å². The molecule has 0 saturated heterocycles. The Hall–Kier alpha value is -1.65. The van der Waals surface area contributed by atoms with E-state index in [2.05, 4.69) is 17.2 Å². The van der Waals surface area contributed by atoms with Crippen molar-refractivity contribution >= 4 is 11.6 Å². The van der Waals surface area contributed by atoms with E-state index < -0.39 is 5.82 Å². The summed E-state index contributed by atoms with van der Waals surface area (Å²) in [7, 11) is 0. The Bertz CT molecular complexity index is 575. The number of benzene rings is 1. The van der Waals surface area contributed by atoms with Crippen LogP contribution in [0.3, 0.4) is 0 Å². The van der Waals surface area contributed by atoms with Gasteiger partial charge in [0, 0.05) is 18.8 Å². The van der Waals surface area contributed by atoms with Crippen LogP contribution in [0.1, 0.15) is 24.6 Å². The van der Waals surface area contributed by atoms with Crippen molar-refractivity contribution in [3.8, 4) is 5.75 Å². The van der Waals surface area contributed by atoms with Gasteiger partial charge in [-0.15, -0.1) is 0 Å². The minimum absolute atomic E-state index is 0.0535. The largest absolute Gasteiger partial charge is 0.487 e. The molecule has 1 N–H and O–H groups in total. The third-order valence-electron chi connectivity index (χ3n) is 2.92. The number of ether oxygens (including phenoxy) is 1. The van der Waals surface area contributed by atoms with Gasteiger partial charge >= 0.3 is 0 Å². The highest BCUT2D eigenvalue weighted by Crippen LogP contribution is 2.21. The third kappa shape index (κ3) is 4.99. The van der Waals surface area contributed by atoms with Crippen molar-refractivity contribution in [3.05, 3.63) is 58.6 Å². The van der Waals surface area contributed by atoms with E-state index in [-0.39, 0.29) is 5.02 Å². The molecular weight excluding hydrogens is 291 g/mol. The Morgan fingerprint density at radius 3 is 2.81 bits per heavy atom. The molecule has 0 spiro atoms. The van der Waals surface area contributed by atoms with Crippen LogP contribution < -0.4 is 10.1 Å². The second-order valence-corrected chi connectivity index (χ2v) is 5.11. The van der Waals surface area contributed by atoms with Gasteiger partial charge in [0.15, 0.2) is 0 Å². The number of rotatable bonds is 7. The van der Waals surface area contributed by atoms with Crippen LogP contribution in [-0.4, -0.2) is 11.5 Å². The molecule has 1 heterocycles. The van der Waals surface area contributed by atoms with Gasteiger partial charge in [-0.2, -0.15) is 0 Å². The van der Waals surface area contributed by atoms with E-state index in [0.717, 1.165) is 30.8 Å². The summed E-state index contributed by atoms with van der Waals surface area (Å²) in [6.45, 7) is 4.27. The molecule has 5 heteroatoms. The number of halogens is 2. The Morgan fingerprint density at radius 2 is 2.14 bits per heavy atom. The van der Waals surface area contributed by atoms with Crippen molar-refractivity contribution in [3.63, 3.8) is 0 Å². The van der Waals surface area contributed by atoms with Gasteiger partial charge < -0.3 is 10.1 Å². The van der Waals surface area contributed by atoms with Crippen LogP contribution in [0.25, 0.3) is 0 Å². The van der Waals surface area contributed by atoms with Gasteiger partial charge in [-0.25, -0.2) is 4.39 Å². The molecule has 1 aromatic carbocycles. The topological polar surface area (TPSA) is 34.1 Å². The molecule has 0 fully saturated rings. The summed E-state index contributed by atoms with van der Waals surface area (Å²) in [6.07, 6.45) is 2.94. The maximum atomic E-state index is 13.0. The summed E-state index contributed by atoms with van der Waals surface area (Å²) in [5, 5.41) is 3.37. The third-order valence-corrected chi connectivity index (χ3v) is 3.21. The van der Waals surface area contributed by atoms with Crippen LogP contribution in [0.15, 0.2) is 36.5 Å². The number of hydrogen-bond acceptors (Lipinski definition) is 3. The standard InChI is InChI=1S/C16H18ClFN2O/c1-2-7-19-9-12-3-4-13(20-10-12)11-21-14-5-6-16(18)15(17)8-14/h3-6,8,10,19H,2,7,9,11H2,1H3. The Morgan fingerprint density at radius 1 is 1.29 bits per heavy atom. The molecule has 0 saturated carbocycles. The lowest BCUT2D eigenvalue weighted by atomic mass is 10.2. The first-order chi connectivity index (χ1) is 10.2.